The Morgan fingerprint density at radius 1 is 1.42 bits per heavy atom. The summed E-state index contributed by atoms with van der Waals surface area (Å²) < 4.78 is 22.5. The van der Waals surface area contributed by atoms with Crippen LogP contribution in [0.1, 0.15) is 18.1 Å². The quantitative estimate of drug-likeness (QED) is 0.859. The highest BCUT2D eigenvalue weighted by atomic mass is 35.5. The van der Waals surface area contributed by atoms with Crippen molar-refractivity contribution in [2.75, 3.05) is 19.6 Å². The predicted octanol–water partition coefficient (Wildman–Crippen LogP) is 0.736. The fraction of sp³-hybridized carbons (Fsp3) is 0.500. The molecule has 1 unspecified atom stereocenters. The molecule has 1 fully saturated rings. The Balaban J connectivity index is 1.94. The maximum atomic E-state index is 11.2. The van der Waals surface area contributed by atoms with Crippen LogP contribution in [-0.4, -0.2) is 43.3 Å². The summed E-state index contributed by atoms with van der Waals surface area (Å²) in [6, 6.07) is 6.97. The second-order valence-electron chi connectivity index (χ2n) is 4.83. The predicted molar refractivity (Wildman–Crippen MR) is 74.4 cm³/mol. The Kier molecular flexibility index (Phi) is 4.47. The Bertz CT molecular complexity index is 532. The van der Waals surface area contributed by atoms with Crippen LogP contribution in [0.5, 0.6) is 0 Å². The number of primary sulfonamides is 1. The highest BCUT2D eigenvalue weighted by Gasteiger charge is 2.31. The van der Waals surface area contributed by atoms with Crippen molar-refractivity contribution < 1.29 is 13.5 Å². The molecule has 1 aliphatic rings. The number of rotatable bonds is 4. The summed E-state index contributed by atoms with van der Waals surface area (Å²) in [5, 5.41) is 15.3. The third kappa shape index (κ3) is 3.90. The summed E-state index contributed by atoms with van der Waals surface area (Å²) in [5.41, 5.74) is 0.767. The topological polar surface area (TPSA) is 83.6 Å². The molecule has 5 nitrogen and oxygen atoms in total. The molecule has 1 heterocycles. The van der Waals surface area contributed by atoms with Crippen molar-refractivity contribution in [1.82, 2.24) is 4.90 Å². The maximum Gasteiger partial charge on any atom is 0.213 e. The first-order chi connectivity index (χ1) is 8.86. The van der Waals surface area contributed by atoms with Gasteiger partial charge >= 0.3 is 0 Å². The molecular weight excluding hydrogens is 288 g/mol. The van der Waals surface area contributed by atoms with Gasteiger partial charge in [-0.3, -0.25) is 4.90 Å². The van der Waals surface area contributed by atoms with Crippen molar-refractivity contribution in [2.45, 2.75) is 17.8 Å². The van der Waals surface area contributed by atoms with Crippen LogP contribution in [0.3, 0.4) is 0 Å². The highest BCUT2D eigenvalue weighted by molar-refractivity contribution is 7.89. The van der Waals surface area contributed by atoms with Gasteiger partial charge in [0.2, 0.25) is 10.0 Å². The van der Waals surface area contributed by atoms with E-state index in [4.69, 9.17) is 16.7 Å². The number of likely N-dealkylation sites (tertiary alicyclic amines) is 1. The van der Waals surface area contributed by atoms with E-state index < -0.39 is 21.4 Å². The smallest absolute Gasteiger partial charge is 0.213 e. The molecule has 1 aliphatic heterocycles. The minimum Gasteiger partial charge on any atom is -0.387 e. The minimum atomic E-state index is -3.48. The number of sulfonamides is 1. The second-order valence-corrected chi connectivity index (χ2v) is 7.11. The standard InChI is InChI=1S/C12H17ClN2O3S/c13-10-3-1-9(2-4-10)12(16)8-15-6-5-11(7-15)19(14,17)18/h1-4,11-12,16H,5-8H2,(H2,14,17,18)/t11?,12-/m0/s1. The number of aliphatic hydroxyl groups excluding tert-OH is 1. The first kappa shape index (κ1) is 14.7. The van der Waals surface area contributed by atoms with Gasteiger partial charge in [-0.25, -0.2) is 13.6 Å². The van der Waals surface area contributed by atoms with E-state index in [0.29, 0.717) is 31.1 Å². The molecule has 0 bridgehead atoms. The van der Waals surface area contributed by atoms with Crippen LogP contribution in [0.25, 0.3) is 0 Å². The summed E-state index contributed by atoms with van der Waals surface area (Å²) in [4.78, 5) is 1.91. The average molecular weight is 305 g/mol. The van der Waals surface area contributed by atoms with E-state index in [1.54, 1.807) is 24.3 Å². The monoisotopic (exact) mass is 304 g/mol. The van der Waals surface area contributed by atoms with Gasteiger partial charge in [-0.05, 0) is 30.7 Å². The molecule has 3 N–H and O–H groups in total. The molecule has 19 heavy (non-hydrogen) atoms. The number of benzene rings is 1. The van der Waals surface area contributed by atoms with Crippen molar-refractivity contribution in [3.8, 4) is 0 Å². The average Bonchev–Trinajstić information content (AvgIpc) is 2.78. The van der Waals surface area contributed by atoms with E-state index in [1.165, 1.54) is 0 Å². The van der Waals surface area contributed by atoms with Crippen molar-refractivity contribution in [1.29, 1.82) is 0 Å². The summed E-state index contributed by atoms with van der Waals surface area (Å²) in [6.07, 6.45) is -0.136. The lowest BCUT2D eigenvalue weighted by atomic mass is 10.1. The SMILES string of the molecule is NS(=O)(=O)C1CCN(C[C@H](O)c2ccc(Cl)cc2)C1. The summed E-state index contributed by atoms with van der Waals surface area (Å²) in [7, 11) is -3.48. The lowest BCUT2D eigenvalue weighted by Crippen LogP contribution is -2.33. The molecule has 2 atom stereocenters. The lowest BCUT2D eigenvalue weighted by molar-refractivity contribution is 0.126. The van der Waals surface area contributed by atoms with Crippen molar-refractivity contribution in [3.63, 3.8) is 0 Å². The normalized spacial score (nSPS) is 22.6. The number of hydrogen-bond donors (Lipinski definition) is 2. The van der Waals surface area contributed by atoms with Crippen LogP contribution in [0, 0.1) is 0 Å². The zero-order valence-electron chi connectivity index (χ0n) is 10.4. The van der Waals surface area contributed by atoms with E-state index in [-0.39, 0.29) is 0 Å². The van der Waals surface area contributed by atoms with Gasteiger partial charge in [0.05, 0.1) is 11.4 Å². The zero-order valence-corrected chi connectivity index (χ0v) is 11.9. The summed E-state index contributed by atoms with van der Waals surface area (Å²) >= 11 is 5.78. The number of aliphatic hydroxyl groups is 1. The Labute approximate surface area is 118 Å². The molecule has 1 aromatic rings. The first-order valence-electron chi connectivity index (χ1n) is 6.04. The van der Waals surface area contributed by atoms with Gasteiger partial charge in [0.25, 0.3) is 0 Å². The van der Waals surface area contributed by atoms with Gasteiger partial charge in [-0.1, -0.05) is 23.7 Å². The van der Waals surface area contributed by atoms with Crippen LogP contribution >= 0.6 is 11.6 Å². The lowest BCUT2D eigenvalue weighted by Gasteiger charge is -2.20. The number of β-amino-alcohol motifs (C(OH)–C–C–N with tert-alkyl or cyclic N) is 1. The molecule has 0 saturated carbocycles. The van der Waals surface area contributed by atoms with Crippen molar-refractivity contribution in [3.05, 3.63) is 34.9 Å². The maximum absolute atomic E-state index is 11.2. The van der Waals surface area contributed by atoms with Gasteiger partial charge in [-0.15, -0.1) is 0 Å². The molecule has 7 heteroatoms. The molecule has 1 aromatic carbocycles. The minimum absolute atomic E-state index is 0.378. The Morgan fingerprint density at radius 3 is 2.58 bits per heavy atom. The van der Waals surface area contributed by atoms with Gasteiger partial charge in [0.1, 0.15) is 0 Å². The molecule has 0 spiro atoms. The van der Waals surface area contributed by atoms with Crippen molar-refractivity contribution in [2.24, 2.45) is 5.14 Å². The Hall–Kier alpha value is -0.660. The van der Waals surface area contributed by atoms with E-state index in [1.807, 2.05) is 4.90 Å². The molecule has 0 aliphatic carbocycles. The fourth-order valence-electron chi connectivity index (χ4n) is 2.27. The van der Waals surface area contributed by atoms with Crippen LogP contribution < -0.4 is 5.14 Å². The Morgan fingerprint density at radius 2 is 2.05 bits per heavy atom. The van der Waals surface area contributed by atoms with Gasteiger partial charge in [-0.2, -0.15) is 0 Å². The second kappa shape index (κ2) is 5.76. The van der Waals surface area contributed by atoms with Gasteiger partial charge in [0.15, 0.2) is 0 Å². The molecule has 0 radical (unpaired) electrons. The number of hydrogen-bond acceptors (Lipinski definition) is 4. The number of nitrogens with zero attached hydrogens (tertiary/aromatic N) is 1. The molecule has 0 aromatic heterocycles. The summed E-state index contributed by atoms with van der Waals surface area (Å²) in [5.74, 6) is 0. The van der Waals surface area contributed by atoms with Crippen LogP contribution in [0.4, 0.5) is 0 Å². The summed E-state index contributed by atoms with van der Waals surface area (Å²) in [6.45, 7) is 1.41. The van der Waals surface area contributed by atoms with Crippen LogP contribution in [-0.2, 0) is 10.0 Å². The van der Waals surface area contributed by atoms with E-state index >= 15 is 0 Å². The molecule has 0 amide bonds. The van der Waals surface area contributed by atoms with Crippen molar-refractivity contribution >= 4 is 21.6 Å². The first-order valence-corrected chi connectivity index (χ1v) is 8.02. The fourth-order valence-corrected chi connectivity index (χ4v) is 3.24. The van der Waals surface area contributed by atoms with Gasteiger partial charge < -0.3 is 5.11 Å². The van der Waals surface area contributed by atoms with Crippen LogP contribution in [0.15, 0.2) is 24.3 Å². The molecular formula is C12H17ClN2O3S. The zero-order chi connectivity index (χ0) is 14.0. The third-order valence-electron chi connectivity index (χ3n) is 3.38. The molecule has 1 saturated heterocycles. The molecule has 106 valence electrons. The van der Waals surface area contributed by atoms with E-state index in [9.17, 15) is 13.5 Å². The van der Waals surface area contributed by atoms with Crippen LogP contribution in [0.2, 0.25) is 5.02 Å². The number of nitrogens with two attached hydrogens (primary N) is 1. The molecule has 2 rings (SSSR count). The van der Waals surface area contributed by atoms with Gasteiger partial charge in [0, 0.05) is 18.1 Å². The number of halogens is 1. The van der Waals surface area contributed by atoms with E-state index in [0.717, 1.165) is 5.56 Å². The largest absolute Gasteiger partial charge is 0.387 e. The third-order valence-corrected chi connectivity index (χ3v) is 4.95. The highest BCUT2D eigenvalue weighted by Crippen LogP contribution is 2.21. The van der Waals surface area contributed by atoms with E-state index in [2.05, 4.69) is 0 Å².